The average molecular weight is 390 g/mol. The van der Waals surface area contributed by atoms with Crippen molar-refractivity contribution in [1.29, 1.82) is 0 Å². The van der Waals surface area contributed by atoms with Gasteiger partial charge in [0.15, 0.2) is 5.82 Å². The second-order valence-electron chi connectivity index (χ2n) is 7.88. The number of imidazole rings is 1. The van der Waals surface area contributed by atoms with Crippen molar-refractivity contribution in [1.82, 2.24) is 14.5 Å². The van der Waals surface area contributed by atoms with Gasteiger partial charge in [0.05, 0.1) is 0 Å². The van der Waals surface area contributed by atoms with Crippen molar-refractivity contribution >= 4 is 23.2 Å². The number of thiophene rings is 1. The molecule has 1 aliphatic rings. The lowest BCUT2D eigenvalue weighted by atomic mass is 9.92. The lowest BCUT2D eigenvalue weighted by molar-refractivity contribution is 0.0181. The summed E-state index contributed by atoms with van der Waals surface area (Å²) in [6.45, 7) is 7.41. The summed E-state index contributed by atoms with van der Waals surface area (Å²) in [5.41, 5.74) is -0.503. The van der Waals surface area contributed by atoms with E-state index >= 15 is 0 Å². The zero-order valence-corrected chi connectivity index (χ0v) is 17.0. The second-order valence-corrected chi connectivity index (χ2v) is 8.91. The number of hydrogen-bond acceptors (Lipinski definition) is 5. The van der Waals surface area contributed by atoms with Crippen LogP contribution in [0.4, 0.5) is 4.79 Å². The van der Waals surface area contributed by atoms with Crippen LogP contribution in [0, 0.1) is 5.92 Å². The zero-order chi connectivity index (χ0) is 19.4. The standard InChI is InChI=1S/C20H27N3O3S/c1-20(2,3)26-19(25)23-10-6-15(7-11-23)17(24)18-21-9-13-22(18)12-8-16-5-4-14-27-16/h4-5,9,13-15H,6-8,10-12H2,1-3H3. The predicted octanol–water partition coefficient (Wildman–Crippen LogP) is 4.02. The minimum Gasteiger partial charge on any atom is -0.444 e. The molecular weight excluding hydrogens is 362 g/mol. The van der Waals surface area contributed by atoms with E-state index in [1.54, 1.807) is 22.4 Å². The number of amides is 1. The summed E-state index contributed by atoms with van der Waals surface area (Å²) >= 11 is 1.73. The van der Waals surface area contributed by atoms with Crippen LogP contribution in [-0.2, 0) is 17.7 Å². The summed E-state index contributed by atoms with van der Waals surface area (Å²) < 4.78 is 7.36. The molecule has 3 rings (SSSR count). The molecule has 0 radical (unpaired) electrons. The molecule has 0 aliphatic carbocycles. The Hall–Kier alpha value is -2.15. The maximum Gasteiger partial charge on any atom is 0.410 e. The first-order valence-electron chi connectivity index (χ1n) is 9.39. The van der Waals surface area contributed by atoms with E-state index in [9.17, 15) is 9.59 Å². The second kappa shape index (κ2) is 8.25. The first kappa shape index (κ1) is 19.6. The molecule has 6 nitrogen and oxygen atoms in total. The van der Waals surface area contributed by atoms with Gasteiger partial charge in [-0.1, -0.05) is 6.07 Å². The fourth-order valence-corrected chi connectivity index (χ4v) is 3.93. The number of aryl methyl sites for hydroxylation is 2. The van der Waals surface area contributed by atoms with Crippen molar-refractivity contribution in [3.05, 3.63) is 40.6 Å². The Bertz CT molecular complexity index is 769. The number of carbonyl (C=O) groups is 2. The van der Waals surface area contributed by atoms with Crippen molar-refractivity contribution in [3.63, 3.8) is 0 Å². The molecule has 0 spiro atoms. The third-order valence-electron chi connectivity index (χ3n) is 4.63. The first-order valence-corrected chi connectivity index (χ1v) is 10.3. The van der Waals surface area contributed by atoms with Gasteiger partial charge >= 0.3 is 6.09 Å². The average Bonchev–Trinajstić information content (AvgIpc) is 3.29. The third kappa shape index (κ3) is 5.19. The number of aromatic nitrogens is 2. The molecule has 3 heterocycles. The minimum atomic E-state index is -0.503. The van der Waals surface area contributed by atoms with Gasteiger partial charge in [-0.05, 0) is 51.5 Å². The predicted molar refractivity (Wildman–Crippen MR) is 105 cm³/mol. The molecule has 27 heavy (non-hydrogen) atoms. The molecule has 146 valence electrons. The Morgan fingerprint density at radius 2 is 2.04 bits per heavy atom. The van der Waals surface area contributed by atoms with Crippen LogP contribution in [0.5, 0.6) is 0 Å². The SMILES string of the molecule is CC(C)(C)OC(=O)N1CCC(C(=O)c2nccn2CCc2cccs2)CC1. The van der Waals surface area contributed by atoms with E-state index in [0.717, 1.165) is 13.0 Å². The molecular formula is C20H27N3O3S. The topological polar surface area (TPSA) is 64.4 Å². The largest absolute Gasteiger partial charge is 0.444 e. The van der Waals surface area contributed by atoms with Gasteiger partial charge in [0.1, 0.15) is 5.60 Å². The monoisotopic (exact) mass is 389 g/mol. The van der Waals surface area contributed by atoms with E-state index in [1.807, 2.05) is 37.6 Å². The number of ketones is 1. The van der Waals surface area contributed by atoms with Gasteiger partial charge in [0, 0.05) is 42.8 Å². The summed E-state index contributed by atoms with van der Waals surface area (Å²) in [4.78, 5) is 32.4. The molecule has 2 aromatic rings. The molecule has 1 saturated heterocycles. The van der Waals surface area contributed by atoms with E-state index in [1.165, 1.54) is 4.88 Å². The van der Waals surface area contributed by atoms with Crippen LogP contribution in [0.2, 0.25) is 0 Å². The highest BCUT2D eigenvalue weighted by atomic mass is 32.1. The highest BCUT2D eigenvalue weighted by Gasteiger charge is 2.31. The van der Waals surface area contributed by atoms with E-state index in [2.05, 4.69) is 16.4 Å². The van der Waals surface area contributed by atoms with E-state index < -0.39 is 5.60 Å². The molecule has 0 unspecified atom stereocenters. The van der Waals surface area contributed by atoms with Crippen molar-refractivity contribution in [2.24, 2.45) is 5.92 Å². The molecule has 0 saturated carbocycles. The van der Waals surface area contributed by atoms with Gasteiger partial charge < -0.3 is 14.2 Å². The lowest BCUT2D eigenvalue weighted by Crippen LogP contribution is -2.43. The number of Topliss-reactive ketones (excluding diaryl/α,β-unsaturated/α-hetero) is 1. The van der Waals surface area contributed by atoms with Gasteiger partial charge in [-0.25, -0.2) is 9.78 Å². The number of rotatable bonds is 5. The maximum atomic E-state index is 12.9. The van der Waals surface area contributed by atoms with Crippen LogP contribution >= 0.6 is 11.3 Å². The Morgan fingerprint density at radius 1 is 1.30 bits per heavy atom. The van der Waals surface area contributed by atoms with Gasteiger partial charge in [-0.15, -0.1) is 11.3 Å². The molecule has 1 aliphatic heterocycles. The van der Waals surface area contributed by atoms with Crippen molar-refractivity contribution in [2.45, 2.75) is 52.2 Å². The van der Waals surface area contributed by atoms with E-state index in [0.29, 0.717) is 31.8 Å². The van der Waals surface area contributed by atoms with Crippen LogP contribution in [0.3, 0.4) is 0 Å². The molecule has 0 atom stereocenters. The molecule has 2 aromatic heterocycles. The highest BCUT2D eigenvalue weighted by molar-refractivity contribution is 7.09. The quantitative estimate of drug-likeness (QED) is 0.725. The summed E-state index contributed by atoms with van der Waals surface area (Å²) in [7, 11) is 0. The minimum absolute atomic E-state index is 0.0787. The number of carbonyl (C=O) groups excluding carboxylic acids is 2. The molecule has 0 N–H and O–H groups in total. The van der Waals surface area contributed by atoms with Crippen LogP contribution in [0.25, 0.3) is 0 Å². The molecule has 1 fully saturated rings. The van der Waals surface area contributed by atoms with Crippen LogP contribution in [-0.4, -0.2) is 45.0 Å². The van der Waals surface area contributed by atoms with Crippen LogP contribution < -0.4 is 0 Å². The Balaban J connectivity index is 1.55. The Labute approximate surface area is 164 Å². The summed E-state index contributed by atoms with van der Waals surface area (Å²) in [6, 6.07) is 4.15. The Kier molecular flexibility index (Phi) is 5.99. The Morgan fingerprint density at radius 3 is 2.67 bits per heavy atom. The zero-order valence-electron chi connectivity index (χ0n) is 16.2. The van der Waals surface area contributed by atoms with Gasteiger partial charge in [0.2, 0.25) is 5.78 Å². The van der Waals surface area contributed by atoms with Crippen molar-refractivity contribution in [2.75, 3.05) is 13.1 Å². The normalized spacial score (nSPS) is 15.7. The molecule has 0 aromatic carbocycles. The van der Waals surface area contributed by atoms with Crippen molar-refractivity contribution < 1.29 is 14.3 Å². The third-order valence-corrected chi connectivity index (χ3v) is 5.57. The number of ether oxygens (including phenoxy) is 1. The van der Waals surface area contributed by atoms with Gasteiger partial charge in [-0.2, -0.15) is 0 Å². The van der Waals surface area contributed by atoms with E-state index in [-0.39, 0.29) is 17.8 Å². The first-order chi connectivity index (χ1) is 12.8. The van der Waals surface area contributed by atoms with Gasteiger partial charge in [-0.3, -0.25) is 4.79 Å². The van der Waals surface area contributed by atoms with Crippen LogP contribution in [0.15, 0.2) is 29.9 Å². The van der Waals surface area contributed by atoms with Crippen LogP contribution in [0.1, 0.15) is 49.1 Å². The number of hydrogen-bond donors (Lipinski definition) is 0. The van der Waals surface area contributed by atoms with E-state index in [4.69, 9.17) is 4.74 Å². The van der Waals surface area contributed by atoms with Gasteiger partial charge in [0.25, 0.3) is 0 Å². The summed E-state index contributed by atoms with van der Waals surface area (Å²) in [5, 5.41) is 2.06. The molecule has 7 heteroatoms. The maximum absolute atomic E-state index is 12.9. The smallest absolute Gasteiger partial charge is 0.410 e. The number of nitrogens with zero attached hydrogens (tertiary/aromatic N) is 3. The lowest BCUT2D eigenvalue weighted by Gasteiger charge is -2.32. The highest BCUT2D eigenvalue weighted by Crippen LogP contribution is 2.23. The summed E-state index contributed by atoms with van der Waals surface area (Å²) in [6.07, 6.45) is 5.46. The number of piperidine rings is 1. The molecule has 0 bridgehead atoms. The fourth-order valence-electron chi connectivity index (χ4n) is 3.23. The van der Waals surface area contributed by atoms with Crippen molar-refractivity contribution in [3.8, 4) is 0 Å². The summed E-state index contributed by atoms with van der Waals surface area (Å²) in [5.74, 6) is 0.517. The fraction of sp³-hybridized carbons (Fsp3) is 0.550. The molecule has 1 amide bonds. The number of likely N-dealkylation sites (tertiary alicyclic amines) is 1.